The van der Waals surface area contributed by atoms with E-state index >= 15 is 0 Å². The summed E-state index contributed by atoms with van der Waals surface area (Å²) in [7, 11) is 1.58. The maximum Gasteiger partial charge on any atom is 0.258 e. The van der Waals surface area contributed by atoms with E-state index in [4.69, 9.17) is 4.74 Å². The van der Waals surface area contributed by atoms with E-state index in [9.17, 15) is 14.4 Å². The number of benzene rings is 1. The molecule has 2 bridgehead atoms. The highest BCUT2D eigenvalue weighted by Gasteiger charge is 2.44. The van der Waals surface area contributed by atoms with Gasteiger partial charge in [0.15, 0.2) is 5.13 Å². The fourth-order valence-corrected chi connectivity index (χ4v) is 6.76. The van der Waals surface area contributed by atoms with Crippen molar-refractivity contribution in [3.8, 4) is 5.75 Å². The van der Waals surface area contributed by atoms with Crippen molar-refractivity contribution in [3.63, 3.8) is 0 Å². The van der Waals surface area contributed by atoms with E-state index in [1.807, 2.05) is 24.0 Å². The number of methoxy groups -OCH3 is 1. The fraction of sp³-hybridized carbons (Fsp3) is 0.440. The Hall–Kier alpha value is -2.85. The molecule has 1 N–H and O–H groups in total. The maximum atomic E-state index is 13.8. The summed E-state index contributed by atoms with van der Waals surface area (Å²) < 4.78 is 6.53. The van der Waals surface area contributed by atoms with Crippen LogP contribution in [0.2, 0.25) is 0 Å². The largest absolute Gasteiger partial charge is 0.496 e. The van der Waals surface area contributed by atoms with Gasteiger partial charge >= 0.3 is 0 Å². The van der Waals surface area contributed by atoms with Crippen LogP contribution in [0.25, 0.3) is 0 Å². The normalized spacial score (nSPS) is 21.1. The highest BCUT2D eigenvalue weighted by molar-refractivity contribution is 8.01. The molecule has 1 aromatic carbocycles. The summed E-state index contributed by atoms with van der Waals surface area (Å²) in [6, 6.07) is 3.77. The zero-order valence-corrected chi connectivity index (χ0v) is 21.4. The van der Waals surface area contributed by atoms with Crippen molar-refractivity contribution in [2.75, 3.05) is 25.5 Å². The van der Waals surface area contributed by atoms with Gasteiger partial charge in [-0.15, -0.1) is 0 Å². The first kappa shape index (κ1) is 23.9. The van der Waals surface area contributed by atoms with E-state index in [0.717, 1.165) is 40.4 Å². The number of ether oxygens (including phenoxy) is 1. The summed E-state index contributed by atoms with van der Waals surface area (Å²) in [5, 5.41) is 3.48. The third kappa shape index (κ3) is 4.81. The van der Waals surface area contributed by atoms with Gasteiger partial charge in [-0.05, 0) is 56.4 Å². The minimum atomic E-state index is -0.0853. The van der Waals surface area contributed by atoms with Gasteiger partial charge in [0, 0.05) is 23.9 Å². The molecule has 5 rings (SSSR count). The Morgan fingerprint density at radius 1 is 1.20 bits per heavy atom. The molecular weight excluding hydrogens is 484 g/mol. The van der Waals surface area contributed by atoms with Crippen LogP contribution in [0.15, 0.2) is 40.1 Å². The second-order valence-electron chi connectivity index (χ2n) is 9.21. The van der Waals surface area contributed by atoms with Crippen molar-refractivity contribution < 1.29 is 19.1 Å². The molecule has 1 saturated carbocycles. The molecule has 3 aliphatic rings. The average Bonchev–Trinajstić information content (AvgIpc) is 3.57. The number of nitrogens with zero attached hydrogens (tertiary/aromatic N) is 3. The Bertz CT molecular complexity index is 1180. The molecule has 0 radical (unpaired) electrons. The van der Waals surface area contributed by atoms with Crippen LogP contribution in [-0.4, -0.2) is 64.8 Å². The first-order valence-corrected chi connectivity index (χ1v) is 13.4. The predicted octanol–water partition coefficient (Wildman–Crippen LogP) is 3.96. The van der Waals surface area contributed by atoms with E-state index in [1.54, 1.807) is 18.2 Å². The molecule has 2 aromatic rings. The van der Waals surface area contributed by atoms with Crippen LogP contribution in [0.3, 0.4) is 0 Å². The molecule has 2 saturated heterocycles. The highest BCUT2D eigenvalue weighted by atomic mass is 32.2. The number of likely N-dealkylation sites (tertiary alicyclic amines) is 1. The number of aromatic nitrogens is 1. The van der Waals surface area contributed by atoms with E-state index in [0.29, 0.717) is 29.5 Å². The van der Waals surface area contributed by atoms with Crippen molar-refractivity contribution in [3.05, 3.63) is 42.1 Å². The third-order valence-corrected chi connectivity index (χ3v) is 8.98. The Kier molecular flexibility index (Phi) is 6.59. The Balaban J connectivity index is 1.36. The number of anilines is 1. The van der Waals surface area contributed by atoms with Gasteiger partial charge in [-0.3, -0.25) is 14.4 Å². The molecule has 3 fully saturated rings. The van der Waals surface area contributed by atoms with Gasteiger partial charge in [0.05, 0.1) is 35.2 Å². The summed E-state index contributed by atoms with van der Waals surface area (Å²) in [5.74, 6) is 0.553. The number of hydrogen-bond donors (Lipinski definition) is 1. The van der Waals surface area contributed by atoms with Gasteiger partial charge < -0.3 is 19.9 Å². The smallest absolute Gasteiger partial charge is 0.258 e. The van der Waals surface area contributed by atoms with Crippen LogP contribution >= 0.6 is 23.1 Å². The molecule has 8 nitrogen and oxygen atoms in total. The van der Waals surface area contributed by atoms with Crippen LogP contribution in [0.4, 0.5) is 5.13 Å². The van der Waals surface area contributed by atoms with Gasteiger partial charge in [0.2, 0.25) is 11.8 Å². The number of thiazole rings is 1. The number of carbonyl (C=O) groups excluding carboxylic acids is 3. The second kappa shape index (κ2) is 9.66. The number of aryl methyl sites for hydroxylation is 1. The quantitative estimate of drug-likeness (QED) is 0.565. The molecule has 35 heavy (non-hydrogen) atoms. The molecule has 1 aliphatic carbocycles. The Labute approximate surface area is 212 Å². The lowest BCUT2D eigenvalue weighted by Crippen LogP contribution is -2.56. The van der Waals surface area contributed by atoms with E-state index in [2.05, 4.69) is 16.9 Å². The van der Waals surface area contributed by atoms with Gasteiger partial charge in [-0.1, -0.05) is 29.7 Å². The van der Waals surface area contributed by atoms with Crippen molar-refractivity contribution in [2.45, 2.75) is 53.8 Å². The molecule has 1 unspecified atom stereocenters. The van der Waals surface area contributed by atoms with E-state index < -0.39 is 0 Å². The highest BCUT2D eigenvalue weighted by Crippen LogP contribution is 2.40. The number of fused-ring (bicyclic) bond motifs is 2. The number of amides is 3. The lowest BCUT2D eigenvalue weighted by atomic mass is 10.1. The summed E-state index contributed by atoms with van der Waals surface area (Å²) in [6.45, 7) is 6.63. The molecule has 10 heteroatoms. The molecule has 3 heterocycles. The topological polar surface area (TPSA) is 91.8 Å². The van der Waals surface area contributed by atoms with Crippen LogP contribution in [0, 0.1) is 12.8 Å². The number of rotatable bonds is 7. The van der Waals surface area contributed by atoms with Crippen LogP contribution in [0.5, 0.6) is 5.75 Å². The van der Waals surface area contributed by atoms with Gasteiger partial charge in [0.1, 0.15) is 5.75 Å². The fourth-order valence-electron chi connectivity index (χ4n) is 4.82. The summed E-state index contributed by atoms with van der Waals surface area (Å²) in [5.41, 5.74) is 1.51. The monoisotopic (exact) mass is 512 g/mol. The SMILES string of the molecule is C=CC(=O)N1CC2CC[C@@H](C1)N2C(=O)c1cc(Sc2cnc(NC(=O)C3CC3)s2)c(C)cc1OC. The zero-order chi connectivity index (χ0) is 24.7. The van der Waals surface area contributed by atoms with Crippen LogP contribution in [-0.2, 0) is 9.59 Å². The second-order valence-corrected chi connectivity index (χ2v) is 11.6. The maximum absolute atomic E-state index is 13.8. The van der Waals surface area contributed by atoms with E-state index in [-0.39, 0.29) is 35.7 Å². The molecule has 3 amide bonds. The molecular formula is C25H28N4O4S2. The Morgan fingerprint density at radius 2 is 1.91 bits per heavy atom. The summed E-state index contributed by atoms with van der Waals surface area (Å²) in [4.78, 5) is 46.9. The first-order chi connectivity index (χ1) is 16.9. The van der Waals surface area contributed by atoms with Gasteiger partial charge in [0.25, 0.3) is 5.91 Å². The van der Waals surface area contributed by atoms with Crippen molar-refractivity contribution in [1.82, 2.24) is 14.8 Å². The number of nitrogens with one attached hydrogen (secondary N) is 1. The van der Waals surface area contributed by atoms with E-state index in [1.165, 1.54) is 29.2 Å². The van der Waals surface area contributed by atoms with Crippen LogP contribution < -0.4 is 10.1 Å². The van der Waals surface area contributed by atoms with Crippen molar-refractivity contribution >= 4 is 46.0 Å². The standard InChI is InChI=1S/C25H28N4O4S2/c1-4-21(30)28-12-16-7-8-17(13-28)29(16)24(32)18-10-20(14(2)9-19(18)33-3)34-22-11-26-25(35-22)27-23(31)15-5-6-15/h4,9-11,15-17H,1,5-8,12-13H2,2-3H3,(H,26,27,31)/t16-,17?/m0/s1. The molecule has 0 spiro atoms. The minimum Gasteiger partial charge on any atom is -0.496 e. The predicted molar refractivity (Wildman–Crippen MR) is 135 cm³/mol. The van der Waals surface area contributed by atoms with Gasteiger partial charge in [-0.2, -0.15) is 0 Å². The summed E-state index contributed by atoms with van der Waals surface area (Å²) in [6.07, 6.45) is 6.74. The Morgan fingerprint density at radius 3 is 2.54 bits per heavy atom. The van der Waals surface area contributed by atoms with Crippen molar-refractivity contribution in [1.29, 1.82) is 0 Å². The lowest BCUT2D eigenvalue weighted by molar-refractivity contribution is -0.128. The minimum absolute atomic E-state index is 0.00797. The molecule has 184 valence electrons. The zero-order valence-electron chi connectivity index (χ0n) is 19.8. The third-order valence-electron chi connectivity index (χ3n) is 6.80. The van der Waals surface area contributed by atoms with Crippen molar-refractivity contribution in [2.24, 2.45) is 5.92 Å². The van der Waals surface area contributed by atoms with Gasteiger partial charge in [-0.25, -0.2) is 4.98 Å². The number of piperazine rings is 1. The molecule has 2 atom stereocenters. The average molecular weight is 513 g/mol. The molecule has 2 aliphatic heterocycles. The number of hydrogen-bond acceptors (Lipinski definition) is 7. The van der Waals surface area contributed by atoms with Crippen LogP contribution in [0.1, 0.15) is 41.6 Å². The molecule has 1 aromatic heterocycles. The number of carbonyl (C=O) groups is 3. The first-order valence-electron chi connectivity index (χ1n) is 11.7. The lowest BCUT2D eigenvalue weighted by Gasteiger charge is -2.41. The summed E-state index contributed by atoms with van der Waals surface area (Å²) >= 11 is 2.95.